The minimum atomic E-state index is -1.23. The van der Waals surface area contributed by atoms with Crippen molar-refractivity contribution in [2.24, 2.45) is 11.5 Å². The van der Waals surface area contributed by atoms with Gasteiger partial charge in [-0.2, -0.15) is 11.8 Å². The lowest BCUT2D eigenvalue weighted by molar-refractivity contribution is -0.142. The first-order valence-corrected chi connectivity index (χ1v) is 12.1. The van der Waals surface area contributed by atoms with Crippen LogP contribution in [0.1, 0.15) is 31.7 Å². The third kappa shape index (κ3) is 10.7. The molecule has 4 unspecified atom stereocenters. The first-order valence-electron chi connectivity index (χ1n) is 10.8. The van der Waals surface area contributed by atoms with E-state index in [1.807, 2.05) is 0 Å². The van der Waals surface area contributed by atoms with Crippen LogP contribution in [0.5, 0.6) is 0 Å². The van der Waals surface area contributed by atoms with E-state index in [9.17, 15) is 29.1 Å². The molecule has 1 rings (SSSR count). The molecule has 0 heterocycles. The van der Waals surface area contributed by atoms with Crippen molar-refractivity contribution < 1.29 is 29.1 Å². The van der Waals surface area contributed by atoms with Crippen molar-refractivity contribution in [3.63, 3.8) is 0 Å². The highest BCUT2D eigenvalue weighted by molar-refractivity contribution is 7.98. The average molecular weight is 496 g/mol. The minimum absolute atomic E-state index is 0.126. The van der Waals surface area contributed by atoms with E-state index in [0.29, 0.717) is 5.75 Å². The van der Waals surface area contributed by atoms with Crippen molar-refractivity contribution in [1.29, 1.82) is 0 Å². The molecule has 0 radical (unpaired) electrons. The quantitative estimate of drug-likeness (QED) is 0.181. The predicted molar refractivity (Wildman–Crippen MR) is 129 cm³/mol. The van der Waals surface area contributed by atoms with Crippen LogP contribution in [-0.4, -0.2) is 70.9 Å². The molecular weight excluding hydrogens is 462 g/mol. The van der Waals surface area contributed by atoms with E-state index in [2.05, 4.69) is 16.0 Å². The Kier molecular flexibility index (Phi) is 12.7. The van der Waals surface area contributed by atoms with Crippen LogP contribution in [0.25, 0.3) is 0 Å². The Morgan fingerprint density at radius 3 is 2.00 bits per heavy atom. The first-order chi connectivity index (χ1) is 16.0. The molecule has 1 aromatic rings. The topological polar surface area (TPSA) is 194 Å². The second-order valence-corrected chi connectivity index (χ2v) is 8.77. The Labute approximate surface area is 202 Å². The Bertz CT molecular complexity index is 851. The summed E-state index contributed by atoms with van der Waals surface area (Å²) in [5, 5.41) is 16.9. The molecule has 4 amide bonds. The summed E-state index contributed by atoms with van der Waals surface area (Å²) in [6.45, 7) is 1.47. The van der Waals surface area contributed by atoms with Gasteiger partial charge in [-0.15, -0.1) is 0 Å². The highest BCUT2D eigenvalue weighted by atomic mass is 32.2. The van der Waals surface area contributed by atoms with E-state index in [1.54, 1.807) is 36.6 Å². The van der Waals surface area contributed by atoms with Crippen LogP contribution in [0.4, 0.5) is 0 Å². The summed E-state index contributed by atoms with van der Waals surface area (Å²) in [4.78, 5) is 60.9. The highest BCUT2D eigenvalue weighted by Crippen LogP contribution is 2.07. The van der Waals surface area contributed by atoms with Crippen LogP contribution in [0, 0.1) is 0 Å². The molecule has 0 saturated carbocycles. The molecule has 0 fully saturated rings. The zero-order valence-electron chi connectivity index (χ0n) is 19.3. The lowest BCUT2D eigenvalue weighted by Gasteiger charge is -2.25. The SMILES string of the molecule is CSCCC(NC(=O)C(CCC(N)=O)NC(=O)C(Cc1ccccc1)NC(=O)C(C)N)C(=O)O. The summed E-state index contributed by atoms with van der Waals surface area (Å²) >= 11 is 1.42. The van der Waals surface area contributed by atoms with E-state index in [1.165, 1.54) is 18.7 Å². The number of carboxylic acid groups (broad SMARTS) is 1. The fraction of sp³-hybridized carbons (Fsp3) is 0.500. The van der Waals surface area contributed by atoms with Gasteiger partial charge < -0.3 is 32.5 Å². The van der Waals surface area contributed by atoms with Crippen LogP contribution in [-0.2, 0) is 30.4 Å². The molecular formula is C22H33N5O6S. The van der Waals surface area contributed by atoms with Gasteiger partial charge in [0.25, 0.3) is 0 Å². The van der Waals surface area contributed by atoms with Gasteiger partial charge in [0.15, 0.2) is 0 Å². The smallest absolute Gasteiger partial charge is 0.326 e. The molecule has 4 atom stereocenters. The number of carboxylic acids is 1. The maximum atomic E-state index is 13.1. The number of benzene rings is 1. The molecule has 0 saturated heterocycles. The number of nitrogens with two attached hydrogens (primary N) is 2. The summed E-state index contributed by atoms with van der Waals surface area (Å²) in [6, 6.07) is 4.59. The van der Waals surface area contributed by atoms with Gasteiger partial charge in [-0.25, -0.2) is 4.79 Å². The monoisotopic (exact) mass is 495 g/mol. The number of primary amides is 1. The van der Waals surface area contributed by atoms with Crippen LogP contribution < -0.4 is 27.4 Å². The Morgan fingerprint density at radius 1 is 0.912 bits per heavy atom. The lowest BCUT2D eigenvalue weighted by Crippen LogP contribution is -2.57. The zero-order chi connectivity index (χ0) is 25.7. The van der Waals surface area contributed by atoms with Crippen molar-refractivity contribution in [3.05, 3.63) is 35.9 Å². The maximum Gasteiger partial charge on any atom is 0.326 e. The van der Waals surface area contributed by atoms with Crippen LogP contribution >= 0.6 is 11.8 Å². The average Bonchev–Trinajstić information content (AvgIpc) is 2.78. The highest BCUT2D eigenvalue weighted by Gasteiger charge is 2.30. The van der Waals surface area contributed by atoms with Gasteiger partial charge in [-0.3, -0.25) is 19.2 Å². The van der Waals surface area contributed by atoms with Crippen molar-refractivity contribution in [1.82, 2.24) is 16.0 Å². The number of nitrogens with one attached hydrogen (secondary N) is 3. The Hall–Kier alpha value is -3.12. The Balaban J connectivity index is 3.05. The molecule has 188 valence electrons. The minimum Gasteiger partial charge on any atom is -0.480 e. The third-order valence-corrected chi connectivity index (χ3v) is 5.51. The fourth-order valence-corrected chi connectivity index (χ4v) is 3.43. The number of hydrogen-bond acceptors (Lipinski definition) is 7. The Morgan fingerprint density at radius 2 is 1.47 bits per heavy atom. The van der Waals surface area contributed by atoms with Gasteiger partial charge in [0, 0.05) is 12.8 Å². The first kappa shape index (κ1) is 28.9. The van der Waals surface area contributed by atoms with Gasteiger partial charge in [0.2, 0.25) is 23.6 Å². The van der Waals surface area contributed by atoms with Gasteiger partial charge >= 0.3 is 5.97 Å². The number of carbonyl (C=O) groups excluding carboxylic acids is 4. The number of aliphatic carboxylic acids is 1. The standard InChI is InChI=1S/C22H33N5O6S/c1-13(23)19(29)27-17(12-14-6-4-3-5-7-14)21(31)25-15(8-9-18(24)28)20(30)26-16(22(32)33)10-11-34-2/h3-7,13,15-17H,8-12,23H2,1-2H3,(H2,24,28)(H,25,31)(H,26,30)(H,27,29)(H,32,33). The predicted octanol–water partition coefficient (Wildman–Crippen LogP) is -0.866. The second kappa shape index (κ2) is 14.9. The molecule has 0 aliphatic carbocycles. The maximum absolute atomic E-state index is 13.1. The number of hydrogen-bond donors (Lipinski definition) is 6. The van der Waals surface area contributed by atoms with Crippen LogP contribution in [0.15, 0.2) is 30.3 Å². The fourth-order valence-electron chi connectivity index (χ4n) is 2.96. The van der Waals surface area contributed by atoms with Crippen LogP contribution in [0.2, 0.25) is 0 Å². The van der Waals surface area contributed by atoms with Gasteiger partial charge in [0.1, 0.15) is 18.1 Å². The summed E-state index contributed by atoms with van der Waals surface area (Å²) in [5.41, 5.74) is 11.6. The van der Waals surface area contributed by atoms with Crippen molar-refractivity contribution in [2.75, 3.05) is 12.0 Å². The molecule has 11 nitrogen and oxygen atoms in total. The van der Waals surface area contributed by atoms with E-state index in [-0.39, 0.29) is 25.7 Å². The summed E-state index contributed by atoms with van der Waals surface area (Å²) in [7, 11) is 0. The summed E-state index contributed by atoms with van der Waals surface area (Å²) in [5.74, 6) is -3.41. The summed E-state index contributed by atoms with van der Waals surface area (Å²) in [6.07, 6.45) is 1.76. The van der Waals surface area contributed by atoms with Gasteiger partial charge in [0.05, 0.1) is 6.04 Å². The number of rotatable bonds is 15. The molecule has 1 aromatic carbocycles. The molecule has 0 aliphatic rings. The third-order valence-electron chi connectivity index (χ3n) is 4.87. The van der Waals surface area contributed by atoms with Gasteiger partial charge in [-0.1, -0.05) is 30.3 Å². The zero-order valence-corrected chi connectivity index (χ0v) is 20.1. The molecule has 12 heteroatoms. The summed E-state index contributed by atoms with van der Waals surface area (Å²) < 4.78 is 0. The molecule has 0 aromatic heterocycles. The molecule has 0 aliphatic heterocycles. The number of amides is 4. The second-order valence-electron chi connectivity index (χ2n) is 7.79. The van der Waals surface area contributed by atoms with Gasteiger partial charge in [-0.05, 0) is 37.3 Å². The van der Waals surface area contributed by atoms with E-state index >= 15 is 0 Å². The number of carbonyl (C=O) groups is 5. The van der Waals surface area contributed by atoms with E-state index < -0.39 is 53.8 Å². The van der Waals surface area contributed by atoms with Crippen molar-refractivity contribution in [3.8, 4) is 0 Å². The van der Waals surface area contributed by atoms with E-state index in [4.69, 9.17) is 11.5 Å². The number of thioether (sulfide) groups is 1. The normalized spacial score (nSPS) is 14.2. The lowest BCUT2D eigenvalue weighted by atomic mass is 10.0. The van der Waals surface area contributed by atoms with Crippen molar-refractivity contribution in [2.45, 2.75) is 56.8 Å². The molecule has 34 heavy (non-hydrogen) atoms. The molecule has 0 bridgehead atoms. The van der Waals surface area contributed by atoms with E-state index in [0.717, 1.165) is 5.56 Å². The van der Waals surface area contributed by atoms with Crippen molar-refractivity contribution >= 4 is 41.4 Å². The largest absolute Gasteiger partial charge is 0.480 e. The molecule has 8 N–H and O–H groups in total. The molecule has 0 spiro atoms. The van der Waals surface area contributed by atoms with Crippen LogP contribution in [0.3, 0.4) is 0 Å².